The first kappa shape index (κ1) is 57.2. The highest BCUT2D eigenvalue weighted by Crippen LogP contribution is 2.48. The molecule has 2 fully saturated rings. The van der Waals surface area contributed by atoms with Crippen molar-refractivity contribution in [2.45, 2.75) is 64.1 Å². The maximum Gasteiger partial charge on any atom is 0.326 e. The molecule has 0 aliphatic carbocycles. The number of rotatable bonds is 12. The Morgan fingerprint density at radius 1 is 0.500 bits per heavy atom. The van der Waals surface area contributed by atoms with Gasteiger partial charge in [0.05, 0.1) is 49.6 Å². The minimum absolute atomic E-state index is 0.0421. The minimum atomic E-state index is -0.528. The highest BCUT2D eigenvalue weighted by Gasteiger charge is 2.47. The van der Waals surface area contributed by atoms with Gasteiger partial charge in [-0.2, -0.15) is 0 Å². The first-order chi connectivity index (χ1) is 38.5. The number of amidine groups is 2. The van der Waals surface area contributed by atoms with E-state index in [4.69, 9.17) is 75.3 Å². The van der Waals surface area contributed by atoms with Gasteiger partial charge in [0, 0.05) is 58.4 Å². The van der Waals surface area contributed by atoms with Crippen molar-refractivity contribution < 1.29 is 38.1 Å². The number of hydrogen-bond acceptors (Lipinski definition) is 10. The first-order valence-electron chi connectivity index (χ1n) is 26.1. The molecular weight excluding hydrogens is 1100 g/mol. The molecule has 0 unspecified atom stereocenters. The topological polar surface area (TPSA) is 167 Å². The Kier molecular flexibility index (Phi) is 18.1. The molecule has 4 atom stereocenters. The number of carbonyl (C=O) groups excluding carboxylic acids is 4. The molecule has 0 spiro atoms. The number of ether oxygens (including phenoxy) is 4. The van der Waals surface area contributed by atoms with Crippen molar-refractivity contribution in [3.63, 3.8) is 0 Å². The molecule has 6 aromatic carbocycles. The van der Waals surface area contributed by atoms with Crippen LogP contribution in [0, 0.1) is 0 Å². The number of halogens is 4. The van der Waals surface area contributed by atoms with E-state index in [1.165, 1.54) is 0 Å². The maximum absolute atomic E-state index is 14.3. The van der Waals surface area contributed by atoms with Crippen molar-refractivity contribution in [2.24, 2.45) is 9.98 Å². The van der Waals surface area contributed by atoms with Crippen molar-refractivity contribution in [1.82, 2.24) is 30.2 Å². The van der Waals surface area contributed by atoms with E-state index in [1.54, 1.807) is 70.2 Å². The molecule has 80 heavy (non-hydrogen) atoms. The van der Waals surface area contributed by atoms with Crippen LogP contribution in [0.1, 0.15) is 85.2 Å². The predicted molar refractivity (Wildman–Crippen MR) is 311 cm³/mol. The molecule has 4 aliphatic heterocycles. The second-order valence-corrected chi connectivity index (χ2v) is 21.5. The fraction of sp³-hybridized carbons (Fsp3) is 0.300. The molecule has 20 heteroatoms. The van der Waals surface area contributed by atoms with Crippen LogP contribution in [0.2, 0.25) is 20.1 Å². The van der Waals surface area contributed by atoms with E-state index in [1.807, 2.05) is 125 Å². The van der Waals surface area contributed by atoms with E-state index in [-0.39, 0.29) is 49.2 Å². The van der Waals surface area contributed by atoms with Gasteiger partial charge in [-0.1, -0.05) is 94.9 Å². The van der Waals surface area contributed by atoms with Crippen molar-refractivity contribution in [2.75, 3.05) is 53.5 Å². The second-order valence-electron chi connectivity index (χ2n) is 19.8. The number of piperazine rings is 2. The van der Waals surface area contributed by atoms with Gasteiger partial charge in [0.1, 0.15) is 59.8 Å². The van der Waals surface area contributed by atoms with Crippen LogP contribution < -0.4 is 29.6 Å². The van der Waals surface area contributed by atoms with E-state index in [0.717, 1.165) is 22.3 Å². The van der Waals surface area contributed by atoms with E-state index in [9.17, 15) is 19.2 Å². The molecule has 0 bridgehead atoms. The Balaban J connectivity index is 0.000000194. The molecule has 2 saturated heterocycles. The van der Waals surface area contributed by atoms with Crippen LogP contribution in [0.4, 0.5) is 9.59 Å². The predicted octanol–water partition coefficient (Wildman–Crippen LogP) is 11.8. The summed E-state index contributed by atoms with van der Waals surface area (Å²) in [5.41, 5.74) is 4.73. The molecule has 10 rings (SSSR count). The van der Waals surface area contributed by atoms with Gasteiger partial charge >= 0.3 is 12.1 Å². The lowest BCUT2D eigenvalue weighted by Gasteiger charge is -2.36. The molecule has 4 aliphatic rings. The van der Waals surface area contributed by atoms with Crippen LogP contribution in [-0.2, 0) is 9.59 Å². The number of carbonyl (C=O) groups is 4. The Morgan fingerprint density at radius 2 is 0.825 bits per heavy atom. The number of aliphatic imine (C=N–C) groups is 2. The summed E-state index contributed by atoms with van der Waals surface area (Å²) in [5, 5.41) is 7.95. The standard InChI is InChI=1S/2C30H30Cl2N4O4/c2*1-18(2)40-25-16-23(39-3)12-13-24(25)29-34-27(19-4-8-21(31)9-5-19)28(20-6-10-22(32)11-7-20)36(29)30(38)35-15-14-33-26(37)17-35/h2*4-13,16,18,27-28H,14-15,17H2,1-3H3,(H,33,37)/t2*27-,28+/m10/s1. The quantitative estimate of drug-likeness (QED) is 0.122. The molecule has 6 aromatic rings. The number of nitrogens with one attached hydrogen (secondary N) is 2. The average Bonchev–Trinajstić information content (AvgIpc) is 4.08. The zero-order valence-electron chi connectivity index (χ0n) is 44.9. The van der Waals surface area contributed by atoms with Crippen LogP contribution in [0.25, 0.3) is 0 Å². The lowest BCUT2D eigenvalue weighted by atomic mass is 9.93. The minimum Gasteiger partial charge on any atom is -0.497 e. The van der Waals surface area contributed by atoms with Gasteiger partial charge in [-0.05, 0) is 123 Å². The third kappa shape index (κ3) is 12.9. The van der Waals surface area contributed by atoms with Gasteiger partial charge in [-0.25, -0.2) is 9.59 Å². The number of hydrogen-bond donors (Lipinski definition) is 2. The Hall–Kier alpha value is -7.50. The summed E-state index contributed by atoms with van der Waals surface area (Å²) in [6.07, 6.45) is -0.274. The summed E-state index contributed by atoms with van der Waals surface area (Å²) in [4.78, 5) is 70.1. The summed E-state index contributed by atoms with van der Waals surface area (Å²) in [5.74, 6) is 2.77. The highest BCUT2D eigenvalue weighted by molar-refractivity contribution is 6.31. The SMILES string of the molecule is COc1ccc(C2=N[C@@H](c3ccc(Cl)cc3)[C@@H](c3ccc(Cl)cc3)N2C(=O)N2CCNC(=O)C2)c(OC(C)C)c1.COc1ccc(C2=N[C@H](c3ccc(Cl)cc3)[C@H](c3ccc(Cl)cc3)N2C(=O)N2CCNC(=O)C2)c(OC(C)C)c1. The highest BCUT2D eigenvalue weighted by atomic mass is 35.5. The van der Waals surface area contributed by atoms with E-state index < -0.39 is 24.2 Å². The van der Waals surface area contributed by atoms with Crippen molar-refractivity contribution in [3.05, 3.63) is 187 Å². The molecule has 0 saturated carbocycles. The normalized spacial score (nSPS) is 18.9. The zero-order chi connectivity index (χ0) is 56.8. The molecule has 2 N–H and O–H groups in total. The number of urea groups is 2. The third-order valence-electron chi connectivity index (χ3n) is 13.6. The lowest BCUT2D eigenvalue weighted by molar-refractivity contribution is -0.124. The number of nitrogens with zero attached hydrogens (tertiary/aromatic N) is 6. The van der Waals surface area contributed by atoms with E-state index >= 15 is 0 Å². The van der Waals surface area contributed by atoms with E-state index in [0.29, 0.717) is 92.1 Å². The summed E-state index contributed by atoms with van der Waals surface area (Å²) < 4.78 is 23.3. The van der Waals surface area contributed by atoms with Gasteiger partial charge in [-0.15, -0.1) is 0 Å². The molecule has 0 radical (unpaired) electrons. The average molecular weight is 1160 g/mol. The number of benzene rings is 6. The largest absolute Gasteiger partial charge is 0.497 e. The van der Waals surface area contributed by atoms with Crippen LogP contribution in [0.15, 0.2) is 143 Å². The van der Waals surface area contributed by atoms with Gasteiger partial charge in [0.25, 0.3) is 0 Å². The van der Waals surface area contributed by atoms with Gasteiger partial charge in [-0.3, -0.25) is 29.4 Å². The maximum atomic E-state index is 14.3. The van der Waals surface area contributed by atoms with Crippen LogP contribution in [0.3, 0.4) is 0 Å². The smallest absolute Gasteiger partial charge is 0.326 e. The second kappa shape index (κ2) is 25.3. The van der Waals surface area contributed by atoms with E-state index in [2.05, 4.69) is 10.6 Å². The molecule has 6 amide bonds. The van der Waals surface area contributed by atoms with Crippen molar-refractivity contribution >= 4 is 82.0 Å². The Labute approximate surface area is 485 Å². The van der Waals surface area contributed by atoms with Crippen molar-refractivity contribution in [3.8, 4) is 23.0 Å². The number of methoxy groups -OCH3 is 2. The van der Waals surface area contributed by atoms with Crippen LogP contribution in [0.5, 0.6) is 23.0 Å². The molecule has 0 aromatic heterocycles. The summed E-state index contributed by atoms with van der Waals surface area (Å²) in [6.45, 7) is 9.16. The fourth-order valence-corrected chi connectivity index (χ4v) is 10.5. The number of amides is 6. The monoisotopic (exact) mass is 1160 g/mol. The third-order valence-corrected chi connectivity index (χ3v) is 14.6. The summed E-state index contributed by atoms with van der Waals surface area (Å²) >= 11 is 24.9. The molecule has 16 nitrogen and oxygen atoms in total. The molecular formula is C60H60Cl4N8O8. The summed E-state index contributed by atoms with van der Waals surface area (Å²) in [7, 11) is 3.18. The van der Waals surface area contributed by atoms with Crippen LogP contribution >= 0.6 is 46.4 Å². The van der Waals surface area contributed by atoms with Crippen molar-refractivity contribution in [1.29, 1.82) is 0 Å². The molecule has 416 valence electrons. The van der Waals surface area contributed by atoms with Gasteiger partial charge < -0.3 is 39.4 Å². The Morgan fingerprint density at radius 3 is 1.12 bits per heavy atom. The van der Waals surface area contributed by atoms with Gasteiger partial charge in [0.2, 0.25) is 11.8 Å². The fourth-order valence-electron chi connectivity index (χ4n) is 9.95. The Bertz CT molecular complexity index is 3070. The summed E-state index contributed by atoms with van der Waals surface area (Å²) in [6, 6.07) is 38.0. The van der Waals surface area contributed by atoms with Crippen LogP contribution in [-0.4, -0.2) is 121 Å². The lowest BCUT2D eigenvalue weighted by Crippen LogP contribution is -2.55. The zero-order valence-corrected chi connectivity index (χ0v) is 47.9. The van der Waals surface area contributed by atoms with Gasteiger partial charge in [0.15, 0.2) is 0 Å². The molecule has 4 heterocycles. The first-order valence-corrected chi connectivity index (χ1v) is 27.6.